The van der Waals surface area contributed by atoms with Crippen LogP contribution in [0.3, 0.4) is 0 Å². The Balaban J connectivity index is 1.56. The van der Waals surface area contributed by atoms with Crippen molar-refractivity contribution in [2.45, 2.75) is 56.8 Å². The summed E-state index contributed by atoms with van der Waals surface area (Å²) in [5, 5.41) is 16.9. The van der Waals surface area contributed by atoms with Gasteiger partial charge < -0.3 is 9.84 Å². The number of hydrogen-bond acceptors (Lipinski definition) is 3. The number of aliphatic hydroxyl groups is 1. The molecule has 188 valence electrons. The maximum absolute atomic E-state index is 12.1. The highest BCUT2D eigenvalue weighted by atomic mass is 16.6. The van der Waals surface area contributed by atoms with Crippen LogP contribution in [0, 0.1) is 6.92 Å². The van der Waals surface area contributed by atoms with Crippen LogP contribution in [0.1, 0.15) is 50.2 Å². The highest BCUT2D eigenvalue weighted by Gasteiger charge is 2.91. The Bertz CT molecular complexity index is 1910. The Morgan fingerprint density at radius 3 is 1.87 bits per heavy atom. The lowest BCUT2D eigenvalue weighted by Crippen LogP contribution is -2.58. The van der Waals surface area contributed by atoms with Gasteiger partial charge in [0.1, 0.15) is 11.1 Å². The van der Waals surface area contributed by atoms with Gasteiger partial charge in [-0.3, -0.25) is 0 Å². The smallest absolute Gasteiger partial charge is 0.297 e. The van der Waals surface area contributed by atoms with E-state index in [1.54, 1.807) is 7.11 Å². The first-order chi connectivity index (χ1) is 18.1. The van der Waals surface area contributed by atoms with Crippen LogP contribution in [0.15, 0.2) is 72.8 Å². The van der Waals surface area contributed by atoms with Crippen LogP contribution >= 0.6 is 0 Å². The number of methoxy groups -OCH3 is 1. The van der Waals surface area contributed by atoms with E-state index in [4.69, 9.17) is 9.72 Å². The number of aryl methyl sites for hydroxylation is 1. The molecule has 8 rings (SSSR count). The fraction of sp³-hybridized carbons (Fsp3) is 0.294. The Morgan fingerprint density at radius 1 is 0.763 bits per heavy atom. The van der Waals surface area contributed by atoms with Crippen molar-refractivity contribution in [1.82, 2.24) is 4.98 Å². The zero-order valence-corrected chi connectivity index (χ0v) is 22.7. The predicted octanol–water partition coefficient (Wildman–Crippen LogP) is 6.29. The minimum Gasteiger partial charge on any atom is -0.361 e. The molecule has 5 aromatic rings. The lowest BCUT2D eigenvalue weighted by Gasteiger charge is -2.31. The summed E-state index contributed by atoms with van der Waals surface area (Å²) in [6.45, 7) is 11.0. The molecule has 3 aliphatic rings. The van der Waals surface area contributed by atoms with Gasteiger partial charge in [0.05, 0.1) is 5.56 Å². The molecular formula is C34H31N2O2+. The van der Waals surface area contributed by atoms with Crippen molar-refractivity contribution in [3.63, 3.8) is 0 Å². The molecule has 38 heavy (non-hydrogen) atoms. The number of fused-ring (bicyclic) bond motifs is 12. The molecule has 1 N–H and O–H groups in total. The largest absolute Gasteiger partial charge is 0.361 e. The maximum atomic E-state index is 12.1. The van der Waals surface area contributed by atoms with Gasteiger partial charge in [0, 0.05) is 30.6 Å². The van der Waals surface area contributed by atoms with Crippen molar-refractivity contribution in [1.29, 1.82) is 0 Å². The van der Waals surface area contributed by atoms with Crippen LogP contribution in [0.25, 0.3) is 44.1 Å². The van der Waals surface area contributed by atoms with E-state index in [2.05, 4.69) is 112 Å². The minimum absolute atomic E-state index is 0.278. The molecule has 1 fully saturated rings. The molecule has 2 aliphatic carbocycles. The van der Waals surface area contributed by atoms with E-state index in [0.717, 1.165) is 28.3 Å². The summed E-state index contributed by atoms with van der Waals surface area (Å²) in [5.74, 6) is -0.478. The van der Waals surface area contributed by atoms with Crippen molar-refractivity contribution < 1.29 is 14.4 Å². The molecule has 0 amide bonds. The van der Waals surface area contributed by atoms with Gasteiger partial charge in [0.15, 0.2) is 11.2 Å². The fourth-order valence-electron chi connectivity index (χ4n) is 8.23. The Labute approximate surface area is 222 Å². The summed E-state index contributed by atoms with van der Waals surface area (Å²) in [4.78, 5) is 5.30. The van der Waals surface area contributed by atoms with Crippen molar-refractivity contribution >= 4 is 21.5 Å². The first-order valence-electron chi connectivity index (χ1n) is 13.4. The number of aromatic nitrogens is 2. The lowest BCUT2D eigenvalue weighted by atomic mass is 9.76. The summed E-state index contributed by atoms with van der Waals surface area (Å²) in [5.41, 5.74) is 6.59. The van der Waals surface area contributed by atoms with Crippen LogP contribution in [0.2, 0.25) is 0 Å². The maximum Gasteiger partial charge on any atom is 0.297 e. The summed E-state index contributed by atoms with van der Waals surface area (Å²) in [6.07, 6.45) is 0. The van der Waals surface area contributed by atoms with E-state index in [1.165, 1.54) is 38.2 Å². The first kappa shape index (κ1) is 22.4. The van der Waals surface area contributed by atoms with E-state index in [1.807, 2.05) is 0 Å². The Morgan fingerprint density at radius 2 is 1.29 bits per heavy atom. The van der Waals surface area contributed by atoms with Crippen LogP contribution in [-0.2, 0) is 21.1 Å². The molecular weight excluding hydrogens is 468 g/mol. The van der Waals surface area contributed by atoms with Crippen LogP contribution in [0.4, 0.5) is 0 Å². The number of ether oxygens (including phenoxy) is 1. The number of rotatable bonds is 1. The van der Waals surface area contributed by atoms with E-state index < -0.39 is 16.7 Å². The summed E-state index contributed by atoms with van der Waals surface area (Å²) < 4.78 is 8.27. The molecule has 3 unspecified atom stereocenters. The van der Waals surface area contributed by atoms with E-state index in [0.29, 0.717) is 0 Å². The van der Waals surface area contributed by atoms with Crippen molar-refractivity contribution in [3.8, 4) is 22.5 Å². The summed E-state index contributed by atoms with van der Waals surface area (Å²) >= 11 is 0. The fourth-order valence-corrected chi connectivity index (χ4v) is 8.23. The summed E-state index contributed by atoms with van der Waals surface area (Å²) in [6, 6.07) is 26.3. The Hall–Kier alpha value is -3.60. The number of hydrogen-bond donors (Lipinski definition) is 1. The zero-order chi connectivity index (χ0) is 26.4. The first-order valence-corrected chi connectivity index (χ1v) is 13.4. The predicted molar refractivity (Wildman–Crippen MR) is 150 cm³/mol. The second-order valence-electron chi connectivity index (χ2n) is 12.2. The zero-order valence-electron chi connectivity index (χ0n) is 22.7. The minimum atomic E-state index is -1.36. The topological polar surface area (TPSA) is 46.2 Å². The van der Waals surface area contributed by atoms with Gasteiger partial charge in [-0.05, 0) is 75.8 Å². The quantitative estimate of drug-likeness (QED) is 0.218. The molecule has 4 nitrogen and oxygen atoms in total. The third-order valence-electron chi connectivity index (χ3n) is 10.4. The van der Waals surface area contributed by atoms with Crippen LogP contribution in [-0.4, -0.2) is 23.0 Å². The molecule has 4 aromatic carbocycles. The second kappa shape index (κ2) is 6.51. The van der Waals surface area contributed by atoms with Gasteiger partial charge in [-0.1, -0.05) is 62.4 Å². The molecule has 1 aliphatic heterocycles. The highest BCUT2D eigenvalue weighted by molar-refractivity contribution is 5.96. The molecule has 0 spiro atoms. The van der Waals surface area contributed by atoms with Crippen molar-refractivity contribution in [2.24, 2.45) is 0 Å². The lowest BCUT2D eigenvalue weighted by molar-refractivity contribution is -0.749. The molecule has 1 saturated carbocycles. The van der Waals surface area contributed by atoms with Crippen LogP contribution in [0.5, 0.6) is 0 Å². The molecule has 0 radical (unpaired) electrons. The van der Waals surface area contributed by atoms with Crippen molar-refractivity contribution in [3.05, 3.63) is 95.3 Å². The molecule has 4 heteroatoms. The van der Waals surface area contributed by atoms with Crippen LogP contribution < -0.4 is 4.57 Å². The van der Waals surface area contributed by atoms with Gasteiger partial charge in [-0.25, -0.2) is 4.57 Å². The summed E-state index contributed by atoms with van der Waals surface area (Å²) in [7, 11) is 1.62. The molecule has 0 bridgehead atoms. The van der Waals surface area contributed by atoms with Gasteiger partial charge >= 0.3 is 0 Å². The van der Waals surface area contributed by atoms with Gasteiger partial charge in [-0.15, -0.1) is 0 Å². The number of benzene rings is 4. The second-order valence-corrected chi connectivity index (χ2v) is 12.2. The molecule has 0 saturated heterocycles. The van der Waals surface area contributed by atoms with E-state index in [-0.39, 0.29) is 5.41 Å². The Kier molecular flexibility index (Phi) is 3.83. The molecule has 2 heterocycles. The van der Waals surface area contributed by atoms with Gasteiger partial charge in [0.25, 0.3) is 5.82 Å². The standard InChI is InChI=1S/C34H31N2O2/c1-19-35-29-24-15-20-11-7-9-13-22(20)17-26(24)31(2,3)28(29)30-25-16-21-12-8-10-14-23(21)18-27(25)32(4)33(5,36(19)30)34(32,37)38-6/h7-18,37H,1-6H3/q+1. The third-order valence-corrected chi connectivity index (χ3v) is 10.4. The number of nitrogens with zero attached hydrogens (tertiary/aromatic N) is 2. The highest BCUT2D eigenvalue weighted by Crippen LogP contribution is 2.72. The SMILES string of the molecule is COC1(O)C2(C)c3cc4ccccc4cc3-c3c4c(nc(C)[n+]3C12C)-c1cc2ccccc2cc1C4(C)C. The van der Waals surface area contributed by atoms with Crippen molar-refractivity contribution in [2.75, 3.05) is 7.11 Å². The van der Waals surface area contributed by atoms with E-state index in [9.17, 15) is 5.11 Å². The average Bonchev–Trinajstić information content (AvgIpc) is 3.22. The van der Waals surface area contributed by atoms with Gasteiger partial charge in [-0.2, -0.15) is 0 Å². The normalized spacial score (nSPS) is 27.4. The molecule has 1 aromatic heterocycles. The van der Waals surface area contributed by atoms with E-state index >= 15 is 0 Å². The van der Waals surface area contributed by atoms with Gasteiger partial charge in [0.2, 0.25) is 5.79 Å². The monoisotopic (exact) mass is 499 g/mol. The third kappa shape index (κ3) is 2.13. The molecule has 3 atom stereocenters. The average molecular weight is 500 g/mol.